The van der Waals surface area contributed by atoms with Gasteiger partial charge in [-0.15, -0.1) is 5.10 Å². The van der Waals surface area contributed by atoms with Crippen molar-refractivity contribution in [3.8, 4) is 0 Å². The number of rotatable bonds is 11. The first-order valence-corrected chi connectivity index (χ1v) is 9.85. The van der Waals surface area contributed by atoms with Crippen molar-refractivity contribution in [3.63, 3.8) is 0 Å². The van der Waals surface area contributed by atoms with Crippen molar-refractivity contribution in [1.82, 2.24) is 19.3 Å². The van der Waals surface area contributed by atoms with E-state index in [2.05, 4.69) is 15.3 Å². The lowest BCUT2D eigenvalue weighted by Gasteiger charge is -2.19. The normalized spacial score (nSPS) is 12.1. The molecule has 152 valence electrons. The Kier molecular flexibility index (Phi) is 8.08. The fraction of sp³-hybridized carbons (Fsp3) is 0.412. The minimum atomic E-state index is -1.57. The maximum Gasteiger partial charge on any atom is 0.318 e. The molecule has 11 heteroatoms. The lowest BCUT2D eigenvalue weighted by Crippen LogP contribution is -2.34. The molecule has 0 amide bonds. The molecule has 0 saturated carbocycles. The van der Waals surface area contributed by atoms with Gasteiger partial charge in [0.1, 0.15) is 17.5 Å². The third kappa shape index (κ3) is 7.08. The molecular weight excluding hydrogens is 382 g/mol. The van der Waals surface area contributed by atoms with E-state index >= 15 is 0 Å². The summed E-state index contributed by atoms with van der Waals surface area (Å²) in [5.74, 6) is -0.983. The summed E-state index contributed by atoms with van der Waals surface area (Å²) in [6.45, 7) is 2.73. The summed E-state index contributed by atoms with van der Waals surface area (Å²) in [5, 5.41) is 17.3. The molecule has 0 aliphatic heterocycles. The van der Waals surface area contributed by atoms with Crippen LogP contribution in [0, 0.1) is 6.92 Å². The van der Waals surface area contributed by atoms with Crippen LogP contribution in [0.1, 0.15) is 17.7 Å². The van der Waals surface area contributed by atoms with E-state index in [-0.39, 0.29) is 19.0 Å². The van der Waals surface area contributed by atoms with Crippen LogP contribution in [0.5, 0.6) is 0 Å². The van der Waals surface area contributed by atoms with Crippen molar-refractivity contribution in [1.29, 1.82) is 0 Å². The molecular formula is C17H25N7O3S. The highest BCUT2D eigenvalue weighted by Crippen LogP contribution is 2.12. The Morgan fingerprint density at radius 3 is 2.68 bits per heavy atom. The van der Waals surface area contributed by atoms with Crippen LogP contribution in [-0.2, 0) is 28.7 Å². The zero-order chi connectivity index (χ0) is 20.5. The van der Waals surface area contributed by atoms with E-state index in [4.69, 9.17) is 16.6 Å². The number of nitrogens with zero attached hydrogens (tertiary/aromatic N) is 5. The molecule has 0 aliphatic carbocycles. The number of aliphatic imine (C=N–C) groups is 1. The van der Waals surface area contributed by atoms with Crippen LogP contribution < -0.4 is 11.5 Å². The van der Waals surface area contributed by atoms with Gasteiger partial charge >= 0.3 is 5.97 Å². The fourth-order valence-corrected chi connectivity index (χ4v) is 3.56. The second kappa shape index (κ2) is 10.5. The van der Waals surface area contributed by atoms with Crippen LogP contribution in [0.25, 0.3) is 0 Å². The first kappa shape index (κ1) is 21.5. The van der Waals surface area contributed by atoms with Crippen LogP contribution >= 0.6 is 0 Å². The molecule has 1 aromatic heterocycles. The first-order chi connectivity index (χ1) is 13.3. The molecule has 1 unspecified atom stereocenters. The predicted molar refractivity (Wildman–Crippen MR) is 106 cm³/mol. The van der Waals surface area contributed by atoms with Crippen molar-refractivity contribution in [2.45, 2.75) is 31.2 Å². The van der Waals surface area contributed by atoms with Gasteiger partial charge in [-0.3, -0.25) is 14.5 Å². The third-order valence-corrected chi connectivity index (χ3v) is 5.27. The summed E-state index contributed by atoms with van der Waals surface area (Å²) in [7, 11) is -1.57. The summed E-state index contributed by atoms with van der Waals surface area (Å²) in [4.78, 5) is 15.6. The Bertz CT molecular complexity index is 832. The average Bonchev–Trinajstić information content (AvgIpc) is 3.09. The molecule has 5 N–H and O–H groups in total. The number of nitrogens with two attached hydrogens (primary N) is 2. The third-order valence-electron chi connectivity index (χ3n) is 3.82. The first-order valence-electron chi connectivity index (χ1n) is 8.75. The van der Waals surface area contributed by atoms with Crippen molar-refractivity contribution in [2.75, 3.05) is 19.6 Å². The Morgan fingerprint density at radius 2 is 2.04 bits per heavy atom. The van der Waals surface area contributed by atoms with Gasteiger partial charge in [-0.1, -0.05) is 22.9 Å². The van der Waals surface area contributed by atoms with Crippen LogP contribution in [0.3, 0.4) is 0 Å². The molecule has 1 heterocycles. The van der Waals surface area contributed by atoms with Gasteiger partial charge in [0.2, 0.25) is 0 Å². The second-order valence-electron chi connectivity index (χ2n) is 6.20. The number of carboxylic acid groups (broad SMARTS) is 1. The van der Waals surface area contributed by atoms with E-state index in [9.17, 15) is 9.00 Å². The lowest BCUT2D eigenvalue weighted by molar-refractivity contribution is -0.137. The van der Waals surface area contributed by atoms with Gasteiger partial charge in [0.25, 0.3) is 0 Å². The molecule has 0 bridgehead atoms. The largest absolute Gasteiger partial charge is 0.480 e. The van der Waals surface area contributed by atoms with Gasteiger partial charge in [0.15, 0.2) is 5.96 Å². The van der Waals surface area contributed by atoms with Crippen LogP contribution in [0.15, 0.2) is 40.4 Å². The van der Waals surface area contributed by atoms with Crippen molar-refractivity contribution in [2.24, 2.45) is 16.5 Å². The highest BCUT2D eigenvalue weighted by atomic mass is 32.2. The Labute approximate surface area is 165 Å². The Balaban J connectivity index is 1.94. The van der Waals surface area contributed by atoms with E-state index in [1.54, 1.807) is 23.0 Å². The number of aromatic nitrogens is 3. The van der Waals surface area contributed by atoms with E-state index < -0.39 is 17.0 Å². The van der Waals surface area contributed by atoms with Gasteiger partial charge in [-0.05, 0) is 31.9 Å². The maximum absolute atomic E-state index is 12.7. The zero-order valence-electron chi connectivity index (χ0n) is 15.7. The summed E-state index contributed by atoms with van der Waals surface area (Å²) >= 11 is 0. The molecule has 1 aromatic carbocycles. The van der Waals surface area contributed by atoms with Crippen molar-refractivity contribution in [3.05, 3.63) is 41.7 Å². The molecule has 2 rings (SSSR count). The number of carbonyl (C=O) groups is 1. The van der Waals surface area contributed by atoms with Gasteiger partial charge in [-0.2, -0.15) is 0 Å². The number of aryl methyl sites for hydroxylation is 2. The molecule has 0 fully saturated rings. The van der Waals surface area contributed by atoms with Crippen molar-refractivity contribution >= 4 is 22.9 Å². The van der Waals surface area contributed by atoms with Gasteiger partial charge < -0.3 is 16.6 Å². The minimum Gasteiger partial charge on any atom is -0.480 e. The molecule has 10 nitrogen and oxygen atoms in total. The second-order valence-corrected chi connectivity index (χ2v) is 7.69. The standard InChI is InChI=1S/C17H25N7O3S/c1-13-4-6-15(7-5-13)28(27)24(12-16(25)26)10-9-23-11-14(21-22-23)3-2-8-20-17(18)19/h4-7,11H,2-3,8-10,12H2,1H3,(H,25,26)(H4,18,19,20). The van der Waals surface area contributed by atoms with Crippen LogP contribution in [0.2, 0.25) is 0 Å². The molecule has 28 heavy (non-hydrogen) atoms. The highest BCUT2D eigenvalue weighted by Gasteiger charge is 2.18. The quantitative estimate of drug-likeness (QED) is 0.267. The molecule has 0 radical (unpaired) electrons. The number of benzene rings is 1. The SMILES string of the molecule is Cc1ccc(S(=O)N(CCn2cc(CCCN=C(N)N)nn2)CC(=O)O)cc1. The fourth-order valence-electron chi connectivity index (χ4n) is 2.42. The molecule has 1 atom stereocenters. The number of aliphatic carboxylic acids is 1. The molecule has 0 aliphatic rings. The summed E-state index contributed by atoms with van der Waals surface area (Å²) in [6.07, 6.45) is 3.19. The molecule has 0 spiro atoms. The van der Waals surface area contributed by atoms with Crippen LogP contribution in [-0.4, -0.2) is 60.2 Å². The zero-order valence-corrected chi connectivity index (χ0v) is 16.5. The predicted octanol–water partition coefficient (Wildman–Crippen LogP) is -0.0981. The topological polar surface area (TPSA) is 153 Å². The number of guanidine groups is 1. The van der Waals surface area contributed by atoms with Gasteiger partial charge in [-0.25, -0.2) is 8.51 Å². The van der Waals surface area contributed by atoms with E-state index in [0.29, 0.717) is 24.4 Å². The van der Waals surface area contributed by atoms with Gasteiger partial charge in [0.05, 0.1) is 17.1 Å². The summed E-state index contributed by atoms with van der Waals surface area (Å²) < 4.78 is 15.7. The van der Waals surface area contributed by atoms with E-state index in [0.717, 1.165) is 17.7 Å². The number of carboxylic acids is 1. The van der Waals surface area contributed by atoms with E-state index in [1.807, 2.05) is 19.1 Å². The average molecular weight is 408 g/mol. The Morgan fingerprint density at radius 1 is 1.32 bits per heavy atom. The maximum atomic E-state index is 12.7. The van der Waals surface area contributed by atoms with Gasteiger partial charge in [0, 0.05) is 19.3 Å². The summed E-state index contributed by atoms with van der Waals surface area (Å²) in [6, 6.07) is 7.17. The summed E-state index contributed by atoms with van der Waals surface area (Å²) in [5.41, 5.74) is 12.4. The monoisotopic (exact) mass is 407 g/mol. The number of hydrogen-bond acceptors (Lipinski definition) is 5. The van der Waals surface area contributed by atoms with Crippen LogP contribution in [0.4, 0.5) is 0 Å². The lowest BCUT2D eigenvalue weighted by atomic mass is 10.2. The molecule has 2 aromatic rings. The minimum absolute atomic E-state index is 0.0590. The van der Waals surface area contributed by atoms with Crippen molar-refractivity contribution < 1.29 is 14.1 Å². The smallest absolute Gasteiger partial charge is 0.318 e. The highest BCUT2D eigenvalue weighted by molar-refractivity contribution is 7.82. The Hall–Kier alpha value is -2.79. The molecule has 0 saturated heterocycles. The van der Waals surface area contributed by atoms with E-state index in [1.165, 1.54) is 4.31 Å². The number of hydrogen-bond donors (Lipinski definition) is 3.